The maximum Gasteiger partial charge on any atom is 0.223 e. The average molecular weight is 406 g/mol. The molecular formula is C21H19FN6S. The SMILES string of the molecule is N/C(=C1\NC(c2ccc(F)cc2)=CS1)c1ccnc(NCCc2cccnc2)n1. The Balaban J connectivity index is 1.42. The molecule has 0 unspecified atom stereocenters. The number of nitrogens with one attached hydrogen (secondary N) is 2. The summed E-state index contributed by atoms with van der Waals surface area (Å²) in [5.41, 5.74) is 10.4. The van der Waals surface area contributed by atoms with Gasteiger partial charge in [0, 0.05) is 30.5 Å². The lowest BCUT2D eigenvalue weighted by Gasteiger charge is -2.10. The van der Waals surface area contributed by atoms with Crippen molar-refractivity contribution in [2.24, 2.45) is 5.73 Å². The van der Waals surface area contributed by atoms with Gasteiger partial charge in [0.1, 0.15) is 10.8 Å². The standard InChI is InChI=1S/C21H19FN6S/c22-16-5-3-15(4-6-16)18-13-29-20(27-18)19(23)17-8-11-26-21(28-17)25-10-7-14-2-1-9-24-12-14/h1-6,8-9,11-13,27H,7,10,23H2,(H,25,26,28)/b20-19+. The molecule has 146 valence electrons. The molecule has 8 heteroatoms. The summed E-state index contributed by atoms with van der Waals surface area (Å²) in [6.07, 6.45) is 6.09. The van der Waals surface area contributed by atoms with E-state index in [1.807, 2.05) is 23.7 Å². The van der Waals surface area contributed by atoms with E-state index in [0.717, 1.165) is 28.3 Å². The first-order valence-corrected chi connectivity index (χ1v) is 9.93. The summed E-state index contributed by atoms with van der Waals surface area (Å²) >= 11 is 1.47. The molecule has 1 aromatic carbocycles. The second-order valence-electron chi connectivity index (χ2n) is 6.33. The Morgan fingerprint density at radius 1 is 1.14 bits per heavy atom. The first-order chi connectivity index (χ1) is 14.2. The fourth-order valence-corrected chi connectivity index (χ4v) is 3.61. The van der Waals surface area contributed by atoms with Gasteiger partial charge in [0.15, 0.2) is 0 Å². The molecule has 1 aliphatic heterocycles. The van der Waals surface area contributed by atoms with Gasteiger partial charge in [0.05, 0.1) is 17.1 Å². The number of nitrogens with zero attached hydrogens (tertiary/aromatic N) is 3. The minimum Gasteiger partial charge on any atom is -0.395 e. The summed E-state index contributed by atoms with van der Waals surface area (Å²) in [6, 6.07) is 12.0. The molecule has 0 spiro atoms. The van der Waals surface area contributed by atoms with Crippen molar-refractivity contribution in [3.05, 3.63) is 94.1 Å². The first kappa shape index (κ1) is 18.9. The highest BCUT2D eigenvalue weighted by atomic mass is 32.2. The lowest BCUT2D eigenvalue weighted by molar-refractivity contribution is 0.627. The highest BCUT2D eigenvalue weighted by Gasteiger charge is 2.16. The molecule has 0 aliphatic carbocycles. The molecule has 2 aromatic heterocycles. The van der Waals surface area contributed by atoms with Gasteiger partial charge in [-0.25, -0.2) is 14.4 Å². The minimum atomic E-state index is -0.264. The zero-order valence-electron chi connectivity index (χ0n) is 15.5. The topological polar surface area (TPSA) is 88.8 Å². The molecule has 29 heavy (non-hydrogen) atoms. The van der Waals surface area contributed by atoms with E-state index >= 15 is 0 Å². The lowest BCUT2D eigenvalue weighted by atomic mass is 10.2. The van der Waals surface area contributed by atoms with Gasteiger partial charge in [-0.2, -0.15) is 0 Å². The Kier molecular flexibility index (Phi) is 5.71. The van der Waals surface area contributed by atoms with Crippen LogP contribution in [0.5, 0.6) is 0 Å². The van der Waals surface area contributed by atoms with Crippen LogP contribution < -0.4 is 16.4 Å². The summed E-state index contributed by atoms with van der Waals surface area (Å²) in [7, 11) is 0. The van der Waals surface area contributed by atoms with Crippen molar-refractivity contribution in [2.45, 2.75) is 6.42 Å². The number of aromatic nitrogens is 3. The number of benzene rings is 1. The monoisotopic (exact) mass is 406 g/mol. The summed E-state index contributed by atoms with van der Waals surface area (Å²) in [5.74, 6) is 0.254. The molecule has 4 rings (SSSR count). The van der Waals surface area contributed by atoms with Crippen molar-refractivity contribution in [1.82, 2.24) is 20.3 Å². The number of thioether (sulfide) groups is 1. The Morgan fingerprint density at radius 3 is 2.79 bits per heavy atom. The van der Waals surface area contributed by atoms with Gasteiger partial charge in [-0.1, -0.05) is 17.8 Å². The number of pyridine rings is 1. The van der Waals surface area contributed by atoms with Crippen molar-refractivity contribution in [2.75, 3.05) is 11.9 Å². The number of rotatable bonds is 6. The van der Waals surface area contributed by atoms with Crippen molar-refractivity contribution in [3.8, 4) is 0 Å². The van der Waals surface area contributed by atoms with Gasteiger partial charge in [-0.15, -0.1) is 0 Å². The largest absolute Gasteiger partial charge is 0.395 e. The Hall–Kier alpha value is -3.39. The van der Waals surface area contributed by atoms with Gasteiger partial charge >= 0.3 is 0 Å². The smallest absolute Gasteiger partial charge is 0.223 e. The number of hydrogen-bond acceptors (Lipinski definition) is 7. The lowest BCUT2D eigenvalue weighted by Crippen LogP contribution is -2.13. The molecule has 3 heterocycles. The zero-order chi connectivity index (χ0) is 20.1. The highest BCUT2D eigenvalue weighted by Crippen LogP contribution is 2.33. The normalized spacial score (nSPS) is 14.9. The van der Waals surface area contributed by atoms with Crippen LogP contribution >= 0.6 is 11.8 Å². The summed E-state index contributed by atoms with van der Waals surface area (Å²) in [4.78, 5) is 12.9. The number of halogens is 1. The van der Waals surface area contributed by atoms with E-state index in [1.165, 1.54) is 23.9 Å². The predicted molar refractivity (Wildman–Crippen MR) is 115 cm³/mol. The van der Waals surface area contributed by atoms with Crippen LogP contribution in [0.2, 0.25) is 0 Å². The zero-order valence-corrected chi connectivity index (χ0v) is 16.3. The molecule has 0 saturated carbocycles. The number of anilines is 1. The maximum atomic E-state index is 13.1. The Bertz CT molecular complexity index is 1050. The van der Waals surface area contributed by atoms with Crippen LogP contribution in [0.3, 0.4) is 0 Å². The summed E-state index contributed by atoms with van der Waals surface area (Å²) in [5, 5.41) is 9.22. The molecule has 0 bridgehead atoms. The average Bonchev–Trinajstić information content (AvgIpc) is 3.25. The molecule has 0 fully saturated rings. The van der Waals surface area contributed by atoms with Crippen LogP contribution in [0.1, 0.15) is 16.8 Å². The van der Waals surface area contributed by atoms with E-state index in [-0.39, 0.29) is 5.82 Å². The van der Waals surface area contributed by atoms with Crippen LogP contribution in [-0.4, -0.2) is 21.5 Å². The van der Waals surface area contributed by atoms with Crippen LogP contribution in [0.25, 0.3) is 11.4 Å². The van der Waals surface area contributed by atoms with Gasteiger partial charge in [0.2, 0.25) is 5.95 Å². The molecule has 0 saturated heterocycles. The molecule has 0 amide bonds. The summed E-state index contributed by atoms with van der Waals surface area (Å²) in [6.45, 7) is 0.689. The molecule has 3 aromatic rings. The second kappa shape index (κ2) is 8.74. The van der Waals surface area contributed by atoms with Crippen LogP contribution in [0.4, 0.5) is 10.3 Å². The highest BCUT2D eigenvalue weighted by molar-refractivity contribution is 8.06. The van der Waals surface area contributed by atoms with E-state index in [1.54, 1.807) is 30.6 Å². The second-order valence-corrected chi connectivity index (χ2v) is 7.21. The molecule has 1 aliphatic rings. The fourth-order valence-electron chi connectivity index (χ4n) is 2.77. The van der Waals surface area contributed by atoms with E-state index < -0.39 is 0 Å². The van der Waals surface area contributed by atoms with Crippen LogP contribution in [0.15, 0.2) is 71.5 Å². The minimum absolute atomic E-state index is 0.264. The third kappa shape index (κ3) is 4.72. The van der Waals surface area contributed by atoms with E-state index in [9.17, 15) is 4.39 Å². The third-order valence-electron chi connectivity index (χ3n) is 4.29. The van der Waals surface area contributed by atoms with E-state index in [0.29, 0.717) is 23.9 Å². The molecule has 0 radical (unpaired) electrons. The molecule has 0 atom stereocenters. The third-order valence-corrected chi connectivity index (χ3v) is 5.21. The number of hydrogen-bond donors (Lipinski definition) is 3. The van der Waals surface area contributed by atoms with Crippen LogP contribution in [-0.2, 0) is 6.42 Å². The van der Waals surface area contributed by atoms with Gasteiger partial charge in [-0.3, -0.25) is 4.98 Å². The number of nitrogens with two attached hydrogens (primary N) is 1. The van der Waals surface area contributed by atoms with Crippen molar-refractivity contribution < 1.29 is 4.39 Å². The van der Waals surface area contributed by atoms with Crippen molar-refractivity contribution in [3.63, 3.8) is 0 Å². The van der Waals surface area contributed by atoms with Gasteiger partial charge in [0.25, 0.3) is 0 Å². The molecule has 4 N–H and O–H groups in total. The molecule has 6 nitrogen and oxygen atoms in total. The van der Waals surface area contributed by atoms with Crippen molar-refractivity contribution >= 4 is 29.1 Å². The summed E-state index contributed by atoms with van der Waals surface area (Å²) < 4.78 is 13.1. The predicted octanol–water partition coefficient (Wildman–Crippen LogP) is 3.59. The quantitative estimate of drug-likeness (QED) is 0.576. The maximum absolute atomic E-state index is 13.1. The van der Waals surface area contributed by atoms with Crippen molar-refractivity contribution in [1.29, 1.82) is 0 Å². The van der Waals surface area contributed by atoms with E-state index in [2.05, 4.69) is 25.6 Å². The van der Waals surface area contributed by atoms with E-state index in [4.69, 9.17) is 5.73 Å². The van der Waals surface area contributed by atoms with Crippen LogP contribution in [0, 0.1) is 5.82 Å². The first-order valence-electron chi connectivity index (χ1n) is 9.05. The Labute approximate surface area is 172 Å². The molecular weight excluding hydrogens is 387 g/mol. The van der Waals surface area contributed by atoms with Gasteiger partial charge < -0.3 is 16.4 Å². The Morgan fingerprint density at radius 2 is 2.00 bits per heavy atom. The van der Waals surface area contributed by atoms with Gasteiger partial charge in [-0.05, 0) is 53.9 Å². The fraction of sp³-hybridized carbons (Fsp3) is 0.0952.